The summed E-state index contributed by atoms with van der Waals surface area (Å²) in [5, 5.41) is 1.85. The summed E-state index contributed by atoms with van der Waals surface area (Å²) < 4.78 is 47.6. The molecule has 0 unspecified atom stereocenters. The Bertz CT molecular complexity index is 692. The van der Waals surface area contributed by atoms with Crippen LogP contribution in [0, 0.1) is 0 Å². The molecule has 1 aromatic rings. The zero-order chi connectivity index (χ0) is 18.9. The Kier molecular flexibility index (Phi) is 4.88. The zero-order valence-corrected chi connectivity index (χ0v) is 14.5. The lowest BCUT2D eigenvalue weighted by Crippen LogP contribution is -2.34. The van der Waals surface area contributed by atoms with E-state index >= 15 is 0 Å². The van der Waals surface area contributed by atoms with Gasteiger partial charge in [0, 0.05) is 36.3 Å². The minimum absolute atomic E-state index is 0.0646. The first kappa shape index (κ1) is 18.2. The molecule has 1 amide bonds. The number of amides is 1. The summed E-state index contributed by atoms with van der Waals surface area (Å²) in [7, 11) is 2.71. The third kappa shape index (κ3) is 3.97. The van der Waals surface area contributed by atoms with Crippen LogP contribution < -0.4 is 19.7 Å². The number of nitrogens with zero attached hydrogens (tertiary/aromatic N) is 2. The monoisotopic (exact) mass is 371 g/mol. The highest BCUT2D eigenvalue weighted by molar-refractivity contribution is 6.00. The Hall–Kier alpha value is -2.58. The molecule has 9 heteroatoms. The van der Waals surface area contributed by atoms with Crippen molar-refractivity contribution in [3.05, 3.63) is 30.1 Å². The Labute approximate surface area is 149 Å². The summed E-state index contributed by atoms with van der Waals surface area (Å²) in [5.41, 5.74) is 0.663. The van der Waals surface area contributed by atoms with E-state index in [2.05, 4.69) is 4.90 Å². The summed E-state index contributed by atoms with van der Waals surface area (Å²) in [4.78, 5) is 16.4. The average Bonchev–Trinajstić information content (AvgIpc) is 3.34. The molecule has 0 bridgehead atoms. The summed E-state index contributed by atoms with van der Waals surface area (Å²) in [6, 6.07) is 3.80. The van der Waals surface area contributed by atoms with Crippen molar-refractivity contribution in [2.24, 2.45) is 0 Å². The number of methoxy groups -OCH3 is 2. The second kappa shape index (κ2) is 6.97. The molecule has 0 atom stereocenters. The average molecular weight is 371 g/mol. The van der Waals surface area contributed by atoms with Gasteiger partial charge in [0.2, 0.25) is 0 Å². The van der Waals surface area contributed by atoms with Crippen LogP contribution >= 0.6 is 0 Å². The molecule has 1 aromatic carbocycles. The molecule has 1 N–H and O–H groups in total. The number of benzene rings is 1. The molecule has 26 heavy (non-hydrogen) atoms. The summed E-state index contributed by atoms with van der Waals surface area (Å²) in [6.07, 6.45) is 1.76. The summed E-state index contributed by atoms with van der Waals surface area (Å²) in [6.45, 7) is -0.762. The smallest absolute Gasteiger partial charge is 0.405 e. The molecular weight excluding hydrogens is 351 g/mol. The van der Waals surface area contributed by atoms with Gasteiger partial charge < -0.3 is 24.6 Å². The van der Waals surface area contributed by atoms with Crippen LogP contribution in [-0.4, -0.2) is 50.5 Å². The number of halogens is 3. The summed E-state index contributed by atoms with van der Waals surface area (Å²) in [5.74, 6) is -0.603. The highest BCUT2D eigenvalue weighted by Gasteiger charge is 2.32. The van der Waals surface area contributed by atoms with Crippen LogP contribution in [0.3, 0.4) is 0 Å². The van der Waals surface area contributed by atoms with E-state index in [0.29, 0.717) is 12.7 Å². The highest BCUT2D eigenvalue weighted by Crippen LogP contribution is 2.37. The molecule has 3 rings (SSSR count). The van der Waals surface area contributed by atoms with Gasteiger partial charge >= 0.3 is 6.18 Å². The number of ether oxygens (including phenoxy) is 2. The van der Waals surface area contributed by atoms with Crippen molar-refractivity contribution in [2.45, 2.75) is 25.1 Å². The zero-order valence-electron chi connectivity index (χ0n) is 14.5. The second-order valence-corrected chi connectivity index (χ2v) is 6.18. The standard InChI is InChI=1S/C17H20F3N3O3/c1-25-13-7-12(23-6-5-22(10-23)11-3-4-11)8-14(26-2)15(13)16(24)21-9-17(18,19)20/h5-8,11H,3-4,9-10H2,1-2H3,(H,21,24). The first-order chi connectivity index (χ1) is 12.3. The van der Waals surface area contributed by atoms with Crippen molar-refractivity contribution < 1.29 is 27.4 Å². The number of carbonyl (C=O) groups is 1. The fourth-order valence-corrected chi connectivity index (χ4v) is 2.80. The van der Waals surface area contributed by atoms with Gasteiger partial charge in [-0.1, -0.05) is 0 Å². The number of hydrogen-bond donors (Lipinski definition) is 1. The lowest BCUT2D eigenvalue weighted by molar-refractivity contribution is -0.123. The van der Waals surface area contributed by atoms with Crippen molar-refractivity contribution in [1.29, 1.82) is 0 Å². The molecule has 0 saturated heterocycles. The molecule has 1 aliphatic carbocycles. The van der Waals surface area contributed by atoms with Crippen LogP contribution in [0.25, 0.3) is 0 Å². The van der Waals surface area contributed by atoms with Crippen LogP contribution in [0.15, 0.2) is 24.5 Å². The van der Waals surface area contributed by atoms with Gasteiger partial charge in [0.15, 0.2) is 0 Å². The van der Waals surface area contributed by atoms with Gasteiger partial charge in [-0.3, -0.25) is 4.79 Å². The SMILES string of the molecule is COc1cc(N2C=CN(C3CC3)C2)cc(OC)c1C(=O)NCC(F)(F)F. The molecule has 0 radical (unpaired) electrons. The number of alkyl halides is 3. The Balaban J connectivity index is 1.84. The van der Waals surface area contributed by atoms with E-state index in [1.807, 2.05) is 22.6 Å². The van der Waals surface area contributed by atoms with Gasteiger partial charge in [0.1, 0.15) is 23.6 Å². The highest BCUT2D eigenvalue weighted by atomic mass is 19.4. The van der Waals surface area contributed by atoms with E-state index < -0.39 is 18.6 Å². The largest absolute Gasteiger partial charge is 0.496 e. The molecule has 142 valence electrons. The van der Waals surface area contributed by atoms with E-state index in [1.165, 1.54) is 27.1 Å². The van der Waals surface area contributed by atoms with E-state index in [0.717, 1.165) is 5.69 Å². The van der Waals surface area contributed by atoms with Crippen LogP contribution in [-0.2, 0) is 0 Å². The lowest BCUT2D eigenvalue weighted by Gasteiger charge is -2.23. The topological polar surface area (TPSA) is 54.0 Å². The van der Waals surface area contributed by atoms with E-state index in [1.54, 1.807) is 12.1 Å². The van der Waals surface area contributed by atoms with Gasteiger partial charge in [0.25, 0.3) is 5.91 Å². The number of nitrogens with one attached hydrogen (secondary N) is 1. The summed E-state index contributed by atoms with van der Waals surface area (Å²) >= 11 is 0. The van der Waals surface area contributed by atoms with E-state index in [9.17, 15) is 18.0 Å². The van der Waals surface area contributed by atoms with Gasteiger partial charge in [-0.25, -0.2) is 0 Å². The molecule has 6 nitrogen and oxygen atoms in total. The number of carbonyl (C=O) groups excluding carboxylic acids is 1. The fourth-order valence-electron chi connectivity index (χ4n) is 2.80. The first-order valence-electron chi connectivity index (χ1n) is 8.14. The third-order valence-electron chi connectivity index (χ3n) is 4.27. The van der Waals surface area contributed by atoms with Crippen LogP contribution in [0.2, 0.25) is 0 Å². The molecule has 2 aliphatic rings. The minimum Gasteiger partial charge on any atom is -0.496 e. The molecular formula is C17H20F3N3O3. The number of hydrogen-bond acceptors (Lipinski definition) is 5. The minimum atomic E-state index is -4.50. The van der Waals surface area contributed by atoms with Gasteiger partial charge in [-0.05, 0) is 12.8 Å². The maximum atomic E-state index is 12.4. The number of anilines is 1. The van der Waals surface area contributed by atoms with Crippen LogP contribution in [0.5, 0.6) is 11.5 Å². The van der Waals surface area contributed by atoms with Crippen molar-refractivity contribution in [2.75, 3.05) is 32.3 Å². The number of rotatable bonds is 6. The molecule has 1 heterocycles. The van der Waals surface area contributed by atoms with Gasteiger partial charge in [-0.15, -0.1) is 0 Å². The quantitative estimate of drug-likeness (QED) is 0.833. The van der Waals surface area contributed by atoms with Crippen molar-refractivity contribution >= 4 is 11.6 Å². The maximum absolute atomic E-state index is 12.4. The molecule has 1 saturated carbocycles. The predicted molar refractivity (Wildman–Crippen MR) is 89.3 cm³/mol. The molecule has 1 fully saturated rings. The molecule has 0 aromatic heterocycles. The fraction of sp³-hybridized carbons (Fsp3) is 0.471. The van der Waals surface area contributed by atoms with Crippen molar-refractivity contribution in [1.82, 2.24) is 10.2 Å². The van der Waals surface area contributed by atoms with Crippen LogP contribution in [0.1, 0.15) is 23.2 Å². The van der Waals surface area contributed by atoms with Crippen molar-refractivity contribution in [3.63, 3.8) is 0 Å². The van der Waals surface area contributed by atoms with Crippen LogP contribution in [0.4, 0.5) is 18.9 Å². The molecule has 1 aliphatic heterocycles. The van der Waals surface area contributed by atoms with E-state index in [-0.39, 0.29) is 17.1 Å². The normalized spacial score (nSPS) is 16.8. The predicted octanol–water partition coefficient (Wildman–Crippen LogP) is 2.71. The maximum Gasteiger partial charge on any atom is 0.405 e. The Morgan fingerprint density at radius 2 is 1.81 bits per heavy atom. The molecule has 0 spiro atoms. The van der Waals surface area contributed by atoms with Gasteiger partial charge in [-0.2, -0.15) is 13.2 Å². The second-order valence-electron chi connectivity index (χ2n) is 6.18. The Morgan fingerprint density at radius 3 is 2.31 bits per heavy atom. The van der Waals surface area contributed by atoms with E-state index in [4.69, 9.17) is 9.47 Å². The Morgan fingerprint density at radius 1 is 1.19 bits per heavy atom. The van der Waals surface area contributed by atoms with Crippen molar-refractivity contribution in [3.8, 4) is 11.5 Å². The van der Waals surface area contributed by atoms with Gasteiger partial charge in [0.05, 0.1) is 20.9 Å². The lowest BCUT2D eigenvalue weighted by atomic mass is 10.1. The first-order valence-corrected chi connectivity index (χ1v) is 8.14. The third-order valence-corrected chi connectivity index (χ3v) is 4.27.